The van der Waals surface area contributed by atoms with E-state index in [2.05, 4.69) is 21.6 Å². The number of nitrogens with one attached hydrogen (secondary N) is 1. The summed E-state index contributed by atoms with van der Waals surface area (Å²) >= 11 is 0. The molecular weight excluding hydrogens is 252 g/mol. The number of aliphatic hydroxyl groups excluding tert-OH is 1. The molecule has 0 amide bonds. The average Bonchev–Trinajstić information content (AvgIpc) is 2.49. The summed E-state index contributed by atoms with van der Waals surface area (Å²) in [5.41, 5.74) is 2.56. The van der Waals surface area contributed by atoms with Gasteiger partial charge in [-0.2, -0.15) is 10.4 Å². The third-order valence-corrected chi connectivity index (χ3v) is 3.34. The predicted octanol–water partition coefficient (Wildman–Crippen LogP) is 2.44. The minimum absolute atomic E-state index is 0.260. The number of aliphatic hydroxyl groups is 1. The lowest BCUT2D eigenvalue weighted by Gasteiger charge is -2.11. The molecule has 0 aliphatic carbocycles. The van der Waals surface area contributed by atoms with Crippen molar-refractivity contribution < 1.29 is 5.11 Å². The van der Waals surface area contributed by atoms with Gasteiger partial charge in [-0.25, -0.2) is 0 Å². The minimum Gasteiger partial charge on any atom is -0.396 e. The fourth-order valence-electron chi connectivity index (χ4n) is 2.21. The van der Waals surface area contributed by atoms with E-state index in [4.69, 9.17) is 5.11 Å². The van der Waals surface area contributed by atoms with Gasteiger partial charge in [-0.05, 0) is 31.2 Å². The van der Waals surface area contributed by atoms with E-state index < -0.39 is 0 Å². The van der Waals surface area contributed by atoms with Crippen LogP contribution < -0.4 is 5.32 Å². The Hall–Kier alpha value is -1.67. The van der Waals surface area contributed by atoms with Gasteiger partial charge in [0.15, 0.2) is 5.82 Å². The van der Waals surface area contributed by atoms with Crippen LogP contribution >= 0.6 is 0 Å². The molecule has 0 saturated heterocycles. The van der Waals surface area contributed by atoms with Crippen LogP contribution in [0.4, 0.5) is 5.82 Å². The maximum Gasteiger partial charge on any atom is 0.166 e. The van der Waals surface area contributed by atoms with Crippen LogP contribution in [0.3, 0.4) is 0 Å². The third-order valence-electron chi connectivity index (χ3n) is 3.34. The van der Waals surface area contributed by atoms with Gasteiger partial charge in [0, 0.05) is 13.2 Å². The van der Waals surface area contributed by atoms with Gasteiger partial charge in [0.05, 0.1) is 5.69 Å². The standard InChI is InChI=1S/C15H24N4O/c1-3-12-13(11-16)15(19-18-14(12)4-2)17-9-7-5-6-8-10-20/h20H,3-10H2,1-2H3,(H,17,19). The van der Waals surface area contributed by atoms with E-state index in [1.165, 1.54) is 0 Å². The second kappa shape index (κ2) is 9.27. The quantitative estimate of drug-likeness (QED) is 0.677. The van der Waals surface area contributed by atoms with Crippen LogP contribution in [0.25, 0.3) is 0 Å². The molecule has 1 aromatic heterocycles. The SMILES string of the molecule is CCc1nnc(NCCCCCCO)c(C#N)c1CC. The summed E-state index contributed by atoms with van der Waals surface area (Å²) in [5.74, 6) is 0.601. The second-order valence-corrected chi connectivity index (χ2v) is 4.73. The summed E-state index contributed by atoms with van der Waals surface area (Å²) in [6, 6.07) is 2.25. The first-order valence-electron chi connectivity index (χ1n) is 7.41. The Morgan fingerprint density at radius 2 is 1.85 bits per heavy atom. The summed E-state index contributed by atoms with van der Waals surface area (Å²) in [7, 11) is 0. The molecule has 5 nitrogen and oxygen atoms in total. The van der Waals surface area contributed by atoms with E-state index >= 15 is 0 Å². The Labute approximate surface area is 121 Å². The van der Waals surface area contributed by atoms with Gasteiger partial charge in [0.1, 0.15) is 11.6 Å². The number of rotatable bonds is 9. The average molecular weight is 276 g/mol. The molecule has 1 rings (SSSR count). The molecule has 0 unspecified atom stereocenters. The van der Waals surface area contributed by atoms with Crippen molar-refractivity contribution in [2.24, 2.45) is 0 Å². The van der Waals surface area contributed by atoms with E-state index in [-0.39, 0.29) is 6.61 Å². The topological polar surface area (TPSA) is 81.8 Å². The van der Waals surface area contributed by atoms with Crippen LogP contribution in [-0.4, -0.2) is 28.5 Å². The van der Waals surface area contributed by atoms with Crippen LogP contribution in [0.5, 0.6) is 0 Å². The van der Waals surface area contributed by atoms with Crippen molar-refractivity contribution >= 4 is 5.82 Å². The van der Waals surface area contributed by atoms with Crippen LogP contribution in [0.2, 0.25) is 0 Å². The summed E-state index contributed by atoms with van der Waals surface area (Å²) in [5, 5.41) is 29.6. The first-order chi connectivity index (χ1) is 9.78. The van der Waals surface area contributed by atoms with E-state index in [1.54, 1.807) is 0 Å². The monoisotopic (exact) mass is 276 g/mol. The lowest BCUT2D eigenvalue weighted by molar-refractivity contribution is 0.283. The summed E-state index contributed by atoms with van der Waals surface area (Å²) in [4.78, 5) is 0. The zero-order chi connectivity index (χ0) is 14.8. The number of aromatic nitrogens is 2. The number of aryl methyl sites for hydroxylation is 1. The second-order valence-electron chi connectivity index (χ2n) is 4.73. The number of nitrogens with zero attached hydrogens (tertiary/aromatic N) is 3. The maximum atomic E-state index is 9.34. The highest BCUT2D eigenvalue weighted by Gasteiger charge is 2.13. The molecular formula is C15H24N4O. The highest BCUT2D eigenvalue weighted by atomic mass is 16.2. The zero-order valence-electron chi connectivity index (χ0n) is 12.4. The largest absolute Gasteiger partial charge is 0.396 e. The maximum absolute atomic E-state index is 9.34. The predicted molar refractivity (Wildman–Crippen MR) is 79.5 cm³/mol. The molecule has 0 saturated carbocycles. The van der Waals surface area contributed by atoms with Gasteiger partial charge in [-0.3, -0.25) is 0 Å². The van der Waals surface area contributed by atoms with Gasteiger partial charge in [-0.1, -0.05) is 26.7 Å². The highest BCUT2D eigenvalue weighted by Crippen LogP contribution is 2.19. The molecule has 20 heavy (non-hydrogen) atoms. The number of unbranched alkanes of at least 4 members (excludes halogenated alkanes) is 3. The molecule has 0 fully saturated rings. The Morgan fingerprint density at radius 3 is 2.45 bits per heavy atom. The molecule has 5 heteroatoms. The van der Waals surface area contributed by atoms with Crippen molar-refractivity contribution in [3.8, 4) is 6.07 Å². The van der Waals surface area contributed by atoms with Crippen LogP contribution in [0, 0.1) is 11.3 Å². The minimum atomic E-state index is 0.260. The van der Waals surface area contributed by atoms with Crippen molar-refractivity contribution in [2.75, 3.05) is 18.5 Å². The van der Waals surface area contributed by atoms with Gasteiger partial charge in [0.2, 0.25) is 0 Å². The number of hydrogen-bond acceptors (Lipinski definition) is 5. The normalized spacial score (nSPS) is 10.3. The molecule has 2 N–H and O–H groups in total. The van der Waals surface area contributed by atoms with Crippen LogP contribution in [0.1, 0.15) is 56.4 Å². The van der Waals surface area contributed by atoms with Crippen molar-refractivity contribution in [3.63, 3.8) is 0 Å². The summed E-state index contributed by atoms with van der Waals surface area (Å²) in [6.07, 6.45) is 5.55. The molecule has 0 atom stereocenters. The molecule has 1 aromatic rings. The van der Waals surface area contributed by atoms with E-state index in [9.17, 15) is 5.26 Å². The summed E-state index contributed by atoms with van der Waals surface area (Å²) < 4.78 is 0. The van der Waals surface area contributed by atoms with E-state index in [0.717, 1.165) is 56.3 Å². The highest BCUT2D eigenvalue weighted by molar-refractivity contribution is 5.56. The van der Waals surface area contributed by atoms with Gasteiger partial charge < -0.3 is 10.4 Å². The molecule has 1 heterocycles. The van der Waals surface area contributed by atoms with Crippen molar-refractivity contribution in [3.05, 3.63) is 16.8 Å². The Kier molecular flexibility index (Phi) is 7.59. The Bertz CT molecular complexity index is 454. The summed E-state index contributed by atoms with van der Waals surface area (Å²) in [6.45, 7) is 5.10. The lowest BCUT2D eigenvalue weighted by Crippen LogP contribution is -2.11. The fraction of sp³-hybridized carbons (Fsp3) is 0.667. The van der Waals surface area contributed by atoms with E-state index in [0.29, 0.717) is 11.4 Å². The van der Waals surface area contributed by atoms with Crippen LogP contribution in [0.15, 0.2) is 0 Å². The van der Waals surface area contributed by atoms with E-state index in [1.807, 2.05) is 13.8 Å². The number of nitriles is 1. The Morgan fingerprint density at radius 1 is 1.10 bits per heavy atom. The van der Waals surface area contributed by atoms with Crippen LogP contribution in [-0.2, 0) is 12.8 Å². The van der Waals surface area contributed by atoms with Crippen molar-refractivity contribution in [1.29, 1.82) is 5.26 Å². The lowest BCUT2D eigenvalue weighted by atomic mass is 10.0. The molecule has 0 spiro atoms. The van der Waals surface area contributed by atoms with Gasteiger partial charge in [0.25, 0.3) is 0 Å². The molecule has 0 bridgehead atoms. The van der Waals surface area contributed by atoms with Crippen molar-refractivity contribution in [1.82, 2.24) is 10.2 Å². The molecule has 0 aliphatic rings. The van der Waals surface area contributed by atoms with Gasteiger partial charge in [-0.15, -0.1) is 5.10 Å². The fourth-order valence-corrected chi connectivity index (χ4v) is 2.21. The van der Waals surface area contributed by atoms with Crippen molar-refractivity contribution in [2.45, 2.75) is 52.4 Å². The molecule has 110 valence electrons. The zero-order valence-corrected chi connectivity index (χ0v) is 12.4. The molecule has 0 aliphatic heterocycles. The number of hydrogen-bond donors (Lipinski definition) is 2. The smallest absolute Gasteiger partial charge is 0.166 e. The Balaban J connectivity index is 2.64. The molecule has 0 radical (unpaired) electrons. The first-order valence-corrected chi connectivity index (χ1v) is 7.41. The number of anilines is 1. The molecule has 0 aromatic carbocycles. The van der Waals surface area contributed by atoms with Gasteiger partial charge >= 0.3 is 0 Å². The first kappa shape index (κ1) is 16.4. The third kappa shape index (κ3) is 4.46.